The van der Waals surface area contributed by atoms with Crippen LogP contribution in [0.5, 0.6) is 0 Å². The lowest BCUT2D eigenvalue weighted by Crippen LogP contribution is -2.54. The fourth-order valence-electron chi connectivity index (χ4n) is 3.27. The van der Waals surface area contributed by atoms with Gasteiger partial charge in [0, 0.05) is 17.8 Å². The summed E-state index contributed by atoms with van der Waals surface area (Å²) >= 11 is 0. The highest BCUT2D eigenvalue weighted by Gasteiger charge is 2.36. The van der Waals surface area contributed by atoms with Crippen molar-refractivity contribution in [3.05, 3.63) is 0 Å². The van der Waals surface area contributed by atoms with Gasteiger partial charge in [0.15, 0.2) is 0 Å². The maximum Gasteiger partial charge on any atom is 0.150 e. The largest absolute Gasteiger partial charge is 0.329 e. The quantitative estimate of drug-likeness (QED) is 0.745. The van der Waals surface area contributed by atoms with Crippen molar-refractivity contribution < 1.29 is 8.42 Å². The molecule has 1 saturated carbocycles. The summed E-state index contributed by atoms with van der Waals surface area (Å²) in [4.78, 5) is 2.32. The van der Waals surface area contributed by atoms with E-state index in [0.29, 0.717) is 18.7 Å². The van der Waals surface area contributed by atoms with Crippen LogP contribution in [-0.4, -0.2) is 50.5 Å². The highest BCUT2D eigenvalue weighted by molar-refractivity contribution is 7.91. The lowest BCUT2D eigenvalue weighted by atomic mass is 9.74. The molecule has 1 aliphatic rings. The molecule has 0 heterocycles. The first-order valence-electron chi connectivity index (χ1n) is 8.01. The van der Waals surface area contributed by atoms with E-state index in [1.807, 2.05) is 0 Å². The van der Waals surface area contributed by atoms with Gasteiger partial charge in [-0.3, -0.25) is 4.90 Å². The average Bonchev–Trinajstić information content (AvgIpc) is 2.47. The van der Waals surface area contributed by atoms with Gasteiger partial charge in [-0.15, -0.1) is 0 Å². The molecule has 0 atom stereocenters. The Labute approximate surface area is 125 Å². The smallest absolute Gasteiger partial charge is 0.150 e. The van der Waals surface area contributed by atoms with E-state index in [0.717, 1.165) is 25.3 Å². The summed E-state index contributed by atoms with van der Waals surface area (Å²) in [5.41, 5.74) is 6.15. The van der Waals surface area contributed by atoms with Gasteiger partial charge in [-0.2, -0.15) is 0 Å². The predicted molar refractivity (Wildman–Crippen MR) is 85.6 cm³/mol. The third kappa shape index (κ3) is 4.71. The van der Waals surface area contributed by atoms with Crippen molar-refractivity contribution in [3.8, 4) is 0 Å². The van der Waals surface area contributed by atoms with Crippen molar-refractivity contribution in [1.82, 2.24) is 4.90 Å². The third-order valence-electron chi connectivity index (χ3n) is 5.19. The standard InChI is InChI=1S/C15H32N2O2S/c1-4-14-7-9-15(13-16,10-8-14)17(3)11-6-12-20(18,19)5-2/h14H,4-13,16H2,1-3H3. The van der Waals surface area contributed by atoms with E-state index in [9.17, 15) is 8.42 Å². The maximum atomic E-state index is 11.5. The summed E-state index contributed by atoms with van der Waals surface area (Å²) in [7, 11) is -0.734. The van der Waals surface area contributed by atoms with Crippen LogP contribution in [0.15, 0.2) is 0 Å². The van der Waals surface area contributed by atoms with Crippen LogP contribution in [0, 0.1) is 5.92 Å². The van der Waals surface area contributed by atoms with Gasteiger partial charge in [-0.1, -0.05) is 20.3 Å². The Kier molecular flexibility index (Phi) is 6.95. The van der Waals surface area contributed by atoms with Gasteiger partial charge < -0.3 is 5.73 Å². The Balaban J connectivity index is 2.49. The van der Waals surface area contributed by atoms with Crippen molar-refractivity contribution >= 4 is 9.84 Å². The number of nitrogens with zero attached hydrogens (tertiary/aromatic N) is 1. The molecule has 0 spiro atoms. The molecule has 0 amide bonds. The minimum Gasteiger partial charge on any atom is -0.329 e. The first-order chi connectivity index (χ1) is 9.39. The van der Waals surface area contributed by atoms with Gasteiger partial charge in [0.1, 0.15) is 9.84 Å². The lowest BCUT2D eigenvalue weighted by molar-refractivity contribution is 0.0643. The lowest BCUT2D eigenvalue weighted by Gasteiger charge is -2.46. The highest BCUT2D eigenvalue weighted by Crippen LogP contribution is 2.36. The molecule has 120 valence electrons. The van der Waals surface area contributed by atoms with Crippen molar-refractivity contribution in [3.63, 3.8) is 0 Å². The Morgan fingerprint density at radius 1 is 1.25 bits per heavy atom. The Hall–Kier alpha value is -0.130. The molecule has 0 saturated heterocycles. The number of likely N-dealkylation sites (N-methyl/N-ethyl adjacent to an activating group) is 1. The molecule has 4 nitrogen and oxygen atoms in total. The monoisotopic (exact) mass is 304 g/mol. The number of hydrogen-bond acceptors (Lipinski definition) is 4. The maximum absolute atomic E-state index is 11.5. The predicted octanol–water partition coefficient (Wildman–Crippen LogP) is 2.04. The average molecular weight is 305 g/mol. The van der Waals surface area contributed by atoms with Crippen LogP contribution in [-0.2, 0) is 9.84 Å². The van der Waals surface area contributed by atoms with Gasteiger partial charge >= 0.3 is 0 Å². The minimum absolute atomic E-state index is 0.0989. The van der Waals surface area contributed by atoms with Crippen molar-refractivity contribution in [1.29, 1.82) is 0 Å². The summed E-state index contributed by atoms with van der Waals surface area (Å²) in [5.74, 6) is 1.40. The van der Waals surface area contributed by atoms with Crippen LogP contribution in [0.1, 0.15) is 52.4 Å². The molecular weight excluding hydrogens is 272 g/mol. The zero-order valence-electron chi connectivity index (χ0n) is 13.4. The van der Waals surface area contributed by atoms with Crippen LogP contribution in [0.2, 0.25) is 0 Å². The second-order valence-corrected chi connectivity index (χ2v) is 8.76. The van der Waals surface area contributed by atoms with Crippen LogP contribution < -0.4 is 5.73 Å². The Morgan fingerprint density at radius 2 is 1.85 bits per heavy atom. The van der Waals surface area contributed by atoms with Crippen LogP contribution >= 0.6 is 0 Å². The van der Waals surface area contributed by atoms with Gasteiger partial charge in [0.2, 0.25) is 0 Å². The second kappa shape index (κ2) is 7.76. The van der Waals surface area contributed by atoms with E-state index in [2.05, 4.69) is 18.9 Å². The van der Waals surface area contributed by atoms with E-state index < -0.39 is 9.84 Å². The number of nitrogens with two attached hydrogens (primary N) is 1. The topological polar surface area (TPSA) is 63.4 Å². The molecule has 0 unspecified atom stereocenters. The van der Waals surface area contributed by atoms with Gasteiger partial charge in [0.25, 0.3) is 0 Å². The molecule has 1 fully saturated rings. The number of hydrogen-bond donors (Lipinski definition) is 1. The fourth-order valence-corrected chi connectivity index (χ4v) is 4.13. The summed E-state index contributed by atoms with van der Waals surface area (Å²) < 4.78 is 23.1. The first kappa shape index (κ1) is 17.9. The summed E-state index contributed by atoms with van der Waals surface area (Å²) in [5, 5.41) is 0. The Morgan fingerprint density at radius 3 is 2.30 bits per heavy atom. The van der Waals surface area contributed by atoms with Crippen LogP contribution in [0.25, 0.3) is 0 Å². The van der Waals surface area contributed by atoms with Crippen LogP contribution in [0.4, 0.5) is 0 Å². The van der Waals surface area contributed by atoms with E-state index in [-0.39, 0.29) is 11.3 Å². The first-order valence-corrected chi connectivity index (χ1v) is 9.83. The third-order valence-corrected chi connectivity index (χ3v) is 6.98. The summed E-state index contributed by atoms with van der Waals surface area (Å²) in [6.45, 7) is 5.49. The molecule has 5 heteroatoms. The summed E-state index contributed by atoms with van der Waals surface area (Å²) in [6.07, 6.45) is 6.79. The molecule has 0 aliphatic heterocycles. The minimum atomic E-state index is -2.84. The normalized spacial score (nSPS) is 27.9. The Bertz CT molecular complexity index is 373. The highest BCUT2D eigenvalue weighted by atomic mass is 32.2. The van der Waals surface area contributed by atoms with Crippen LogP contribution in [0.3, 0.4) is 0 Å². The van der Waals surface area contributed by atoms with E-state index in [1.54, 1.807) is 6.92 Å². The molecule has 0 aromatic carbocycles. The zero-order chi connectivity index (χ0) is 15.2. The van der Waals surface area contributed by atoms with Gasteiger partial charge in [-0.05, 0) is 51.6 Å². The molecule has 0 aromatic rings. The van der Waals surface area contributed by atoms with E-state index in [1.165, 1.54) is 19.3 Å². The zero-order valence-corrected chi connectivity index (χ0v) is 14.2. The molecule has 2 N–H and O–H groups in total. The molecular formula is C15H32N2O2S. The molecule has 0 radical (unpaired) electrons. The van der Waals surface area contributed by atoms with Crippen molar-refractivity contribution in [2.45, 2.75) is 57.9 Å². The number of sulfone groups is 1. The van der Waals surface area contributed by atoms with Crippen molar-refractivity contribution in [2.75, 3.05) is 31.6 Å². The van der Waals surface area contributed by atoms with E-state index >= 15 is 0 Å². The molecule has 0 bridgehead atoms. The van der Waals surface area contributed by atoms with Crippen molar-refractivity contribution in [2.24, 2.45) is 11.7 Å². The SMILES string of the molecule is CCC1CCC(CN)(N(C)CCCS(=O)(=O)CC)CC1. The van der Waals surface area contributed by atoms with E-state index in [4.69, 9.17) is 5.73 Å². The fraction of sp³-hybridized carbons (Fsp3) is 1.00. The van der Waals surface area contributed by atoms with Gasteiger partial charge in [-0.25, -0.2) is 8.42 Å². The second-order valence-electron chi connectivity index (χ2n) is 6.29. The molecule has 0 aromatic heterocycles. The molecule has 1 aliphatic carbocycles. The summed E-state index contributed by atoms with van der Waals surface area (Å²) in [6, 6.07) is 0. The molecule has 1 rings (SSSR count). The number of rotatable bonds is 8. The molecule has 20 heavy (non-hydrogen) atoms. The van der Waals surface area contributed by atoms with Gasteiger partial charge in [0.05, 0.1) is 5.75 Å².